The summed E-state index contributed by atoms with van der Waals surface area (Å²) in [7, 11) is 1.69. The average molecular weight is 275 g/mol. The minimum Gasteiger partial charge on any atom is -0.372 e. The highest BCUT2D eigenvalue weighted by atomic mass is 19.1. The average Bonchev–Trinajstić information content (AvgIpc) is 2.90. The van der Waals surface area contributed by atoms with Crippen molar-refractivity contribution in [1.29, 1.82) is 0 Å². The molecule has 104 valence electrons. The number of benzene rings is 2. The molecule has 0 fully saturated rings. The number of hydrogen-bond acceptors (Lipinski definition) is 2. The third-order valence-electron chi connectivity index (χ3n) is 3.66. The van der Waals surface area contributed by atoms with Gasteiger partial charge >= 0.3 is 0 Å². The lowest BCUT2D eigenvalue weighted by molar-refractivity contribution is 0.134. The van der Waals surface area contributed by atoms with Crippen molar-refractivity contribution in [1.82, 2.24) is 5.32 Å². The Morgan fingerprint density at radius 3 is 2.45 bits per heavy atom. The summed E-state index contributed by atoms with van der Waals surface area (Å²) in [5.41, 5.74) is 3.10. The lowest BCUT2D eigenvalue weighted by atomic mass is 9.95. The van der Waals surface area contributed by atoms with Crippen LogP contribution in [0.25, 0.3) is 0 Å². The number of halogens is 2. The van der Waals surface area contributed by atoms with Gasteiger partial charge in [0, 0.05) is 5.56 Å². The summed E-state index contributed by atoms with van der Waals surface area (Å²) in [6.07, 6.45) is 0. The molecule has 1 N–H and O–H groups in total. The molecule has 2 aromatic rings. The zero-order chi connectivity index (χ0) is 14.1. The molecule has 0 amide bonds. The van der Waals surface area contributed by atoms with Crippen molar-refractivity contribution in [2.75, 3.05) is 7.05 Å². The Morgan fingerprint density at radius 1 is 1.05 bits per heavy atom. The maximum absolute atomic E-state index is 13.9. The number of fused-ring (bicyclic) bond motifs is 1. The minimum atomic E-state index is -0.541. The van der Waals surface area contributed by atoms with E-state index in [1.807, 2.05) is 18.2 Å². The van der Waals surface area contributed by atoms with Gasteiger partial charge in [0.2, 0.25) is 0 Å². The third-order valence-corrected chi connectivity index (χ3v) is 3.66. The topological polar surface area (TPSA) is 21.3 Å². The summed E-state index contributed by atoms with van der Waals surface area (Å²) < 4.78 is 33.3. The van der Waals surface area contributed by atoms with Gasteiger partial charge in [-0.05, 0) is 35.9 Å². The standard InChI is InChI=1S/C16H15F2NO/c1-19-16(15-13(17)3-2-4-14(15)18)10-5-6-11-8-20-9-12(11)7-10/h2-7,16,19H,8-9H2,1H3. The second kappa shape index (κ2) is 5.31. The quantitative estimate of drug-likeness (QED) is 0.928. The summed E-state index contributed by atoms with van der Waals surface area (Å²) in [6, 6.07) is 9.22. The fraction of sp³-hybridized carbons (Fsp3) is 0.250. The van der Waals surface area contributed by atoms with Crippen molar-refractivity contribution < 1.29 is 13.5 Å². The largest absolute Gasteiger partial charge is 0.372 e. The number of hydrogen-bond donors (Lipinski definition) is 1. The smallest absolute Gasteiger partial charge is 0.131 e. The van der Waals surface area contributed by atoms with E-state index in [-0.39, 0.29) is 5.56 Å². The minimum absolute atomic E-state index is 0.0499. The van der Waals surface area contributed by atoms with E-state index in [1.165, 1.54) is 18.2 Å². The van der Waals surface area contributed by atoms with Crippen LogP contribution in [0.1, 0.15) is 28.3 Å². The zero-order valence-electron chi connectivity index (χ0n) is 11.1. The number of rotatable bonds is 3. The highest BCUT2D eigenvalue weighted by Crippen LogP contribution is 2.30. The molecule has 2 aromatic carbocycles. The molecule has 1 aliphatic rings. The van der Waals surface area contributed by atoms with Crippen LogP contribution in [0.5, 0.6) is 0 Å². The maximum atomic E-state index is 13.9. The van der Waals surface area contributed by atoms with Crippen molar-refractivity contribution in [3.8, 4) is 0 Å². The molecule has 0 radical (unpaired) electrons. The second-order valence-corrected chi connectivity index (χ2v) is 4.88. The SMILES string of the molecule is CNC(c1ccc2c(c1)COC2)c1c(F)cccc1F. The third kappa shape index (κ3) is 2.21. The van der Waals surface area contributed by atoms with E-state index in [0.717, 1.165) is 16.7 Å². The lowest BCUT2D eigenvalue weighted by Gasteiger charge is -2.19. The van der Waals surface area contributed by atoms with Crippen molar-refractivity contribution in [3.63, 3.8) is 0 Å². The van der Waals surface area contributed by atoms with Crippen LogP contribution in [0.3, 0.4) is 0 Å². The molecule has 4 heteroatoms. The van der Waals surface area contributed by atoms with E-state index in [9.17, 15) is 8.78 Å². The summed E-state index contributed by atoms with van der Waals surface area (Å²) in [4.78, 5) is 0. The van der Waals surface area contributed by atoms with Crippen molar-refractivity contribution in [3.05, 3.63) is 70.3 Å². The van der Waals surface area contributed by atoms with E-state index in [2.05, 4.69) is 5.32 Å². The maximum Gasteiger partial charge on any atom is 0.131 e. The van der Waals surface area contributed by atoms with Crippen LogP contribution in [0.4, 0.5) is 8.78 Å². The number of nitrogens with one attached hydrogen (secondary N) is 1. The van der Waals surface area contributed by atoms with E-state index in [4.69, 9.17) is 4.74 Å². The van der Waals surface area contributed by atoms with E-state index < -0.39 is 17.7 Å². The molecule has 2 nitrogen and oxygen atoms in total. The molecule has 1 heterocycles. The first-order chi connectivity index (χ1) is 9.70. The van der Waals surface area contributed by atoms with E-state index >= 15 is 0 Å². The molecule has 0 aliphatic carbocycles. The number of ether oxygens (including phenoxy) is 1. The summed E-state index contributed by atoms with van der Waals surface area (Å²) >= 11 is 0. The molecule has 1 atom stereocenters. The normalized spacial score (nSPS) is 15.2. The molecule has 1 unspecified atom stereocenters. The van der Waals surface area contributed by atoms with Gasteiger partial charge in [-0.1, -0.05) is 24.3 Å². The molecule has 0 bridgehead atoms. The van der Waals surface area contributed by atoms with Gasteiger partial charge in [-0.25, -0.2) is 8.78 Å². The zero-order valence-corrected chi connectivity index (χ0v) is 11.1. The van der Waals surface area contributed by atoms with Gasteiger partial charge in [0.05, 0.1) is 19.3 Å². The summed E-state index contributed by atoms with van der Waals surface area (Å²) in [5.74, 6) is -1.08. The van der Waals surface area contributed by atoms with Crippen LogP contribution in [-0.4, -0.2) is 7.05 Å². The van der Waals surface area contributed by atoms with Crippen LogP contribution < -0.4 is 5.32 Å². The fourth-order valence-electron chi connectivity index (χ4n) is 2.64. The molecule has 3 rings (SSSR count). The van der Waals surface area contributed by atoms with Gasteiger partial charge in [0.25, 0.3) is 0 Å². The highest BCUT2D eigenvalue weighted by Gasteiger charge is 2.22. The van der Waals surface area contributed by atoms with Crippen molar-refractivity contribution in [2.24, 2.45) is 0 Å². The Bertz CT molecular complexity index is 622. The van der Waals surface area contributed by atoms with Gasteiger partial charge in [-0.2, -0.15) is 0 Å². The van der Waals surface area contributed by atoms with E-state index in [1.54, 1.807) is 7.05 Å². The lowest BCUT2D eigenvalue weighted by Crippen LogP contribution is -2.20. The molecular weight excluding hydrogens is 260 g/mol. The van der Waals surface area contributed by atoms with Crippen molar-refractivity contribution >= 4 is 0 Å². The Hall–Kier alpha value is -1.78. The first-order valence-corrected chi connectivity index (χ1v) is 6.51. The van der Waals surface area contributed by atoms with Crippen LogP contribution in [0, 0.1) is 11.6 Å². The molecule has 0 aromatic heterocycles. The van der Waals surface area contributed by atoms with Gasteiger partial charge in [-0.3, -0.25) is 0 Å². The molecule has 0 spiro atoms. The second-order valence-electron chi connectivity index (χ2n) is 4.88. The summed E-state index contributed by atoms with van der Waals surface area (Å²) in [5, 5.41) is 2.99. The van der Waals surface area contributed by atoms with Gasteiger partial charge in [0.15, 0.2) is 0 Å². The Morgan fingerprint density at radius 2 is 1.75 bits per heavy atom. The predicted molar refractivity (Wildman–Crippen MR) is 72.2 cm³/mol. The van der Waals surface area contributed by atoms with Crippen LogP contribution in [0.15, 0.2) is 36.4 Å². The van der Waals surface area contributed by atoms with Crippen LogP contribution in [0.2, 0.25) is 0 Å². The van der Waals surface area contributed by atoms with Gasteiger partial charge < -0.3 is 10.1 Å². The van der Waals surface area contributed by atoms with Crippen molar-refractivity contribution in [2.45, 2.75) is 19.3 Å². The molecule has 0 saturated heterocycles. The molecular formula is C16H15F2NO. The van der Waals surface area contributed by atoms with Crippen LogP contribution in [-0.2, 0) is 18.0 Å². The molecule has 0 saturated carbocycles. The first kappa shape index (κ1) is 13.2. The molecule has 1 aliphatic heterocycles. The summed E-state index contributed by atoms with van der Waals surface area (Å²) in [6.45, 7) is 1.16. The van der Waals surface area contributed by atoms with Crippen LogP contribution >= 0.6 is 0 Å². The molecule has 20 heavy (non-hydrogen) atoms. The fourth-order valence-corrected chi connectivity index (χ4v) is 2.64. The van der Waals surface area contributed by atoms with Gasteiger partial charge in [0.1, 0.15) is 11.6 Å². The Kier molecular flexibility index (Phi) is 3.51. The highest BCUT2D eigenvalue weighted by molar-refractivity contribution is 5.39. The van der Waals surface area contributed by atoms with Gasteiger partial charge in [-0.15, -0.1) is 0 Å². The first-order valence-electron chi connectivity index (χ1n) is 6.51. The Labute approximate surface area is 116 Å². The van der Waals surface area contributed by atoms with E-state index in [0.29, 0.717) is 13.2 Å². The predicted octanol–water partition coefficient (Wildman–Crippen LogP) is 3.30. The Balaban J connectivity index is 2.06. The monoisotopic (exact) mass is 275 g/mol.